The topological polar surface area (TPSA) is 119 Å². The van der Waals surface area contributed by atoms with Gasteiger partial charge < -0.3 is 15.3 Å². The van der Waals surface area contributed by atoms with Gasteiger partial charge in [-0.3, -0.25) is 0 Å². The Morgan fingerprint density at radius 2 is 1.65 bits per heavy atom. The number of rotatable bonds is 1. The average molecular weight is 237 g/mol. The van der Waals surface area contributed by atoms with Crippen LogP contribution in [0.25, 0.3) is 10.9 Å². The minimum absolute atomic E-state index is 0.112. The van der Waals surface area contributed by atoms with E-state index in [-0.39, 0.29) is 5.82 Å². The summed E-state index contributed by atoms with van der Waals surface area (Å²) in [6.45, 7) is 0. The lowest BCUT2D eigenvalue weighted by atomic mass is 10.2. The fourth-order valence-corrected chi connectivity index (χ4v) is 1.16. The van der Waals surface area contributed by atoms with Crippen LogP contribution in [0, 0.1) is 20.2 Å². The molecule has 0 aliphatic heterocycles. The molecule has 1 heterocycles. The van der Waals surface area contributed by atoms with Gasteiger partial charge >= 0.3 is 5.82 Å². The number of para-hydroxylation sites is 1. The van der Waals surface area contributed by atoms with Gasteiger partial charge in [-0.1, -0.05) is 18.2 Å². The maximum atomic E-state index is 10.4. The van der Waals surface area contributed by atoms with E-state index in [4.69, 9.17) is 15.3 Å². The molecule has 8 nitrogen and oxygen atoms in total. The van der Waals surface area contributed by atoms with Crippen molar-refractivity contribution in [2.75, 3.05) is 0 Å². The number of aromatic nitrogens is 1. The van der Waals surface area contributed by atoms with Crippen LogP contribution < -0.4 is 0 Å². The van der Waals surface area contributed by atoms with Gasteiger partial charge in [0.2, 0.25) is 0 Å². The van der Waals surface area contributed by atoms with Crippen molar-refractivity contribution in [3.8, 4) is 0 Å². The molecule has 17 heavy (non-hydrogen) atoms. The summed E-state index contributed by atoms with van der Waals surface area (Å²) in [5, 5.41) is 24.9. The van der Waals surface area contributed by atoms with E-state index in [1.165, 1.54) is 6.07 Å². The summed E-state index contributed by atoms with van der Waals surface area (Å²) in [6.07, 6.45) is 0. The molecular formula is C9H7N3O5. The molecule has 1 N–H and O–H groups in total. The third-order valence-corrected chi connectivity index (χ3v) is 1.77. The van der Waals surface area contributed by atoms with E-state index in [1.54, 1.807) is 18.2 Å². The van der Waals surface area contributed by atoms with E-state index < -0.39 is 10.0 Å². The molecule has 1 aromatic carbocycles. The van der Waals surface area contributed by atoms with Gasteiger partial charge in [0.1, 0.15) is 0 Å². The van der Waals surface area contributed by atoms with Crippen molar-refractivity contribution in [1.29, 1.82) is 0 Å². The number of fused-ring (bicyclic) bond motifs is 1. The van der Waals surface area contributed by atoms with Gasteiger partial charge in [0.05, 0.1) is 0 Å². The van der Waals surface area contributed by atoms with E-state index in [0.717, 1.165) is 5.39 Å². The molecule has 0 radical (unpaired) electrons. The molecule has 0 fully saturated rings. The lowest BCUT2D eigenvalue weighted by Gasteiger charge is -1.93. The summed E-state index contributed by atoms with van der Waals surface area (Å²) >= 11 is 0. The highest BCUT2D eigenvalue weighted by atomic mass is 16.9. The second-order valence-corrected chi connectivity index (χ2v) is 2.86. The normalized spacial score (nSPS) is 9.18. The standard InChI is InChI=1S/C9H6N2O2.HNO3/c12-11(13)9-6-5-7-3-1-2-4-8(7)10-9;2-1(3)4/h1-6H;(H,2,3,4). The quantitative estimate of drug-likeness (QED) is 0.596. The Kier molecular flexibility index (Phi) is 3.87. The third-order valence-electron chi connectivity index (χ3n) is 1.77. The molecule has 0 amide bonds. The number of hydrogen-bond donors (Lipinski definition) is 1. The Hall–Kier alpha value is -2.77. The zero-order valence-corrected chi connectivity index (χ0v) is 8.39. The number of benzene rings is 1. The van der Waals surface area contributed by atoms with Gasteiger partial charge in [0.15, 0.2) is 5.52 Å². The lowest BCUT2D eigenvalue weighted by molar-refractivity contribution is -0.742. The first kappa shape index (κ1) is 12.3. The van der Waals surface area contributed by atoms with Crippen LogP contribution in [-0.4, -0.2) is 20.2 Å². The summed E-state index contributed by atoms with van der Waals surface area (Å²) in [6, 6.07) is 10.4. The molecule has 0 spiro atoms. The van der Waals surface area contributed by atoms with Crippen LogP contribution in [0.5, 0.6) is 0 Å². The SMILES string of the molecule is O=[N+]([O-])O.O=[N+]([O-])c1ccc2ccccc2n1. The van der Waals surface area contributed by atoms with Crippen molar-refractivity contribution in [2.45, 2.75) is 0 Å². The Morgan fingerprint density at radius 1 is 1.06 bits per heavy atom. The van der Waals surface area contributed by atoms with Gasteiger partial charge in [-0.15, -0.1) is 10.1 Å². The van der Waals surface area contributed by atoms with Gasteiger partial charge in [-0.25, -0.2) is 0 Å². The van der Waals surface area contributed by atoms with E-state index >= 15 is 0 Å². The first-order valence-electron chi connectivity index (χ1n) is 4.34. The largest absolute Gasteiger partial charge is 0.364 e. The predicted octanol–water partition coefficient (Wildman–Crippen LogP) is 1.80. The van der Waals surface area contributed by atoms with E-state index in [2.05, 4.69) is 4.98 Å². The molecule has 8 heteroatoms. The lowest BCUT2D eigenvalue weighted by Crippen LogP contribution is -1.91. The van der Waals surface area contributed by atoms with Gasteiger partial charge in [0.25, 0.3) is 5.09 Å². The van der Waals surface area contributed by atoms with Crippen LogP contribution in [0.1, 0.15) is 0 Å². The van der Waals surface area contributed by atoms with E-state index in [9.17, 15) is 10.1 Å². The van der Waals surface area contributed by atoms with Crippen molar-refractivity contribution >= 4 is 16.7 Å². The summed E-state index contributed by atoms with van der Waals surface area (Å²) in [5.74, 6) is -0.112. The van der Waals surface area contributed by atoms with Crippen molar-refractivity contribution in [3.63, 3.8) is 0 Å². The first-order chi connectivity index (χ1) is 8.00. The molecule has 0 aliphatic rings. The Morgan fingerprint density at radius 3 is 2.24 bits per heavy atom. The molecule has 0 atom stereocenters. The average Bonchev–Trinajstić information content (AvgIpc) is 2.27. The highest BCUT2D eigenvalue weighted by Gasteiger charge is 2.07. The fraction of sp³-hybridized carbons (Fsp3) is 0. The summed E-state index contributed by atoms with van der Waals surface area (Å²) < 4.78 is 0. The van der Waals surface area contributed by atoms with Crippen LogP contribution in [0.4, 0.5) is 5.82 Å². The van der Waals surface area contributed by atoms with Crippen LogP contribution in [0.3, 0.4) is 0 Å². The number of hydrogen-bond acceptors (Lipinski definition) is 5. The summed E-state index contributed by atoms with van der Waals surface area (Å²) in [5.41, 5.74) is 0.650. The minimum Gasteiger partial charge on any atom is -0.358 e. The minimum atomic E-state index is -1.50. The number of nitrogens with zero attached hydrogens (tertiary/aromatic N) is 3. The number of pyridine rings is 1. The van der Waals surface area contributed by atoms with E-state index in [0.29, 0.717) is 5.52 Å². The Bertz CT molecular complexity index is 553. The fourth-order valence-electron chi connectivity index (χ4n) is 1.16. The molecule has 2 aromatic rings. The summed E-state index contributed by atoms with van der Waals surface area (Å²) in [7, 11) is 0. The molecule has 88 valence electrons. The molecule has 0 saturated heterocycles. The molecule has 0 unspecified atom stereocenters. The molecular weight excluding hydrogens is 230 g/mol. The Labute approximate surface area is 94.4 Å². The molecule has 1 aromatic heterocycles. The second-order valence-electron chi connectivity index (χ2n) is 2.86. The van der Waals surface area contributed by atoms with Gasteiger partial charge in [-0.2, -0.15) is 0 Å². The highest BCUT2D eigenvalue weighted by Crippen LogP contribution is 2.15. The Balaban J connectivity index is 0.000000317. The van der Waals surface area contributed by atoms with Crippen molar-refractivity contribution in [3.05, 3.63) is 56.6 Å². The number of nitro groups is 1. The first-order valence-corrected chi connectivity index (χ1v) is 4.34. The van der Waals surface area contributed by atoms with E-state index in [1.807, 2.05) is 12.1 Å². The van der Waals surface area contributed by atoms with Crippen molar-refractivity contribution in [2.24, 2.45) is 0 Å². The van der Waals surface area contributed by atoms with Crippen LogP contribution in [-0.2, 0) is 0 Å². The maximum absolute atomic E-state index is 10.4. The van der Waals surface area contributed by atoms with Crippen molar-refractivity contribution in [1.82, 2.24) is 4.98 Å². The molecule has 0 saturated carbocycles. The molecule has 0 bridgehead atoms. The second kappa shape index (κ2) is 5.35. The molecule has 2 rings (SSSR count). The highest BCUT2D eigenvalue weighted by molar-refractivity contribution is 5.79. The summed E-state index contributed by atoms with van der Waals surface area (Å²) in [4.78, 5) is 22.1. The van der Waals surface area contributed by atoms with Gasteiger partial charge in [-0.05, 0) is 22.0 Å². The monoisotopic (exact) mass is 237 g/mol. The predicted molar refractivity (Wildman–Crippen MR) is 57.2 cm³/mol. The smallest absolute Gasteiger partial charge is 0.358 e. The van der Waals surface area contributed by atoms with Crippen molar-refractivity contribution < 1.29 is 15.2 Å². The zero-order valence-electron chi connectivity index (χ0n) is 8.39. The zero-order chi connectivity index (χ0) is 12.8. The van der Waals surface area contributed by atoms with Gasteiger partial charge in [0, 0.05) is 11.5 Å². The maximum Gasteiger partial charge on any atom is 0.364 e. The van der Waals surface area contributed by atoms with Crippen LogP contribution in [0.15, 0.2) is 36.4 Å². The van der Waals surface area contributed by atoms with Crippen LogP contribution >= 0.6 is 0 Å². The third kappa shape index (κ3) is 3.70. The van der Waals surface area contributed by atoms with Crippen LogP contribution in [0.2, 0.25) is 0 Å². The molecule has 0 aliphatic carbocycles.